The molecule has 2 heteroatoms. The van der Waals surface area contributed by atoms with Gasteiger partial charge in [0.1, 0.15) is 0 Å². The van der Waals surface area contributed by atoms with Gasteiger partial charge >= 0.3 is 0 Å². The van der Waals surface area contributed by atoms with Crippen LogP contribution >= 0.6 is 0 Å². The molecule has 0 aliphatic heterocycles. The molecule has 0 saturated carbocycles. The van der Waals surface area contributed by atoms with Crippen molar-refractivity contribution in [1.29, 1.82) is 5.26 Å². The van der Waals surface area contributed by atoms with Gasteiger partial charge in [0.25, 0.3) is 0 Å². The van der Waals surface area contributed by atoms with Crippen molar-refractivity contribution in [3.63, 3.8) is 0 Å². The van der Waals surface area contributed by atoms with Crippen molar-refractivity contribution in [1.82, 2.24) is 5.32 Å². The SMILES string of the molecule is C=CC(C)NCc1ccc(C#N)cc1C. The summed E-state index contributed by atoms with van der Waals surface area (Å²) < 4.78 is 0. The van der Waals surface area contributed by atoms with Crippen LogP contribution in [0.3, 0.4) is 0 Å². The van der Waals surface area contributed by atoms with Gasteiger partial charge in [-0.1, -0.05) is 12.1 Å². The van der Waals surface area contributed by atoms with E-state index in [2.05, 4.69) is 24.9 Å². The topological polar surface area (TPSA) is 35.8 Å². The summed E-state index contributed by atoms with van der Waals surface area (Å²) >= 11 is 0. The molecule has 0 radical (unpaired) electrons. The highest BCUT2D eigenvalue weighted by atomic mass is 14.9. The molecule has 1 aromatic carbocycles. The van der Waals surface area contributed by atoms with E-state index in [0.29, 0.717) is 11.6 Å². The van der Waals surface area contributed by atoms with Crippen LogP contribution in [0.25, 0.3) is 0 Å². The molecule has 0 fully saturated rings. The van der Waals surface area contributed by atoms with Crippen molar-refractivity contribution in [2.75, 3.05) is 0 Å². The second-order valence-corrected chi connectivity index (χ2v) is 3.66. The van der Waals surface area contributed by atoms with Gasteiger partial charge in [-0.15, -0.1) is 6.58 Å². The predicted molar refractivity (Wildman–Crippen MR) is 62.4 cm³/mol. The maximum atomic E-state index is 8.73. The van der Waals surface area contributed by atoms with Crippen LogP contribution in [0, 0.1) is 18.3 Å². The maximum absolute atomic E-state index is 8.73. The zero-order valence-corrected chi connectivity index (χ0v) is 9.25. The fourth-order valence-corrected chi connectivity index (χ4v) is 1.32. The standard InChI is InChI=1S/C13H16N2/c1-4-11(3)15-9-13-6-5-12(8-14)7-10(13)2/h4-7,11,15H,1,9H2,2-3H3. The quantitative estimate of drug-likeness (QED) is 0.758. The summed E-state index contributed by atoms with van der Waals surface area (Å²) in [5.74, 6) is 0. The van der Waals surface area contributed by atoms with E-state index in [1.807, 2.05) is 31.2 Å². The Balaban J connectivity index is 2.71. The van der Waals surface area contributed by atoms with Gasteiger partial charge in [0.15, 0.2) is 0 Å². The Hall–Kier alpha value is -1.59. The highest BCUT2D eigenvalue weighted by molar-refractivity contribution is 5.37. The number of aryl methyl sites for hydroxylation is 1. The van der Waals surface area contributed by atoms with Crippen LogP contribution in [-0.2, 0) is 6.54 Å². The van der Waals surface area contributed by atoms with Gasteiger partial charge in [0.2, 0.25) is 0 Å². The van der Waals surface area contributed by atoms with Gasteiger partial charge in [-0.25, -0.2) is 0 Å². The van der Waals surface area contributed by atoms with Gasteiger partial charge in [-0.2, -0.15) is 5.26 Å². The molecule has 0 heterocycles. The lowest BCUT2D eigenvalue weighted by atomic mass is 10.1. The Morgan fingerprint density at radius 2 is 2.33 bits per heavy atom. The van der Waals surface area contributed by atoms with Gasteiger partial charge in [-0.3, -0.25) is 0 Å². The number of hydrogen-bond donors (Lipinski definition) is 1. The lowest BCUT2D eigenvalue weighted by Crippen LogP contribution is -2.23. The molecule has 0 saturated heterocycles. The molecule has 0 amide bonds. The third kappa shape index (κ3) is 3.23. The molecule has 1 rings (SSSR count). The van der Waals surface area contributed by atoms with Crippen molar-refractivity contribution in [3.05, 3.63) is 47.5 Å². The Kier molecular flexibility index (Phi) is 4.08. The van der Waals surface area contributed by atoms with Gasteiger partial charge in [0, 0.05) is 12.6 Å². The monoisotopic (exact) mass is 200 g/mol. The molecule has 1 unspecified atom stereocenters. The molecular formula is C13H16N2. The van der Waals surface area contributed by atoms with Crippen molar-refractivity contribution in [2.45, 2.75) is 26.4 Å². The van der Waals surface area contributed by atoms with Crippen LogP contribution in [0.5, 0.6) is 0 Å². The van der Waals surface area contributed by atoms with Gasteiger partial charge in [0.05, 0.1) is 11.6 Å². The largest absolute Gasteiger partial charge is 0.307 e. The Bertz CT molecular complexity index is 388. The summed E-state index contributed by atoms with van der Waals surface area (Å²) in [4.78, 5) is 0. The van der Waals surface area contributed by atoms with E-state index in [9.17, 15) is 0 Å². The Morgan fingerprint density at radius 1 is 1.60 bits per heavy atom. The fourth-order valence-electron chi connectivity index (χ4n) is 1.32. The van der Waals surface area contributed by atoms with Crippen molar-refractivity contribution < 1.29 is 0 Å². The van der Waals surface area contributed by atoms with Crippen LogP contribution in [0.2, 0.25) is 0 Å². The summed E-state index contributed by atoms with van der Waals surface area (Å²) in [6, 6.07) is 8.20. The summed E-state index contributed by atoms with van der Waals surface area (Å²) in [5, 5.41) is 12.1. The van der Waals surface area contributed by atoms with Crippen LogP contribution < -0.4 is 5.32 Å². The maximum Gasteiger partial charge on any atom is 0.0991 e. The van der Waals surface area contributed by atoms with Gasteiger partial charge < -0.3 is 5.32 Å². The smallest absolute Gasteiger partial charge is 0.0991 e. The fraction of sp³-hybridized carbons (Fsp3) is 0.308. The molecule has 1 atom stereocenters. The average Bonchev–Trinajstić information content (AvgIpc) is 2.26. The van der Waals surface area contributed by atoms with Crippen LogP contribution in [0.4, 0.5) is 0 Å². The van der Waals surface area contributed by atoms with E-state index in [1.165, 1.54) is 5.56 Å². The Labute approximate surface area is 91.2 Å². The van der Waals surface area contributed by atoms with E-state index in [0.717, 1.165) is 12.1 Å². The molecule has 0 bridgehead atoms. The highest BCUT2D eigenvalue weighted by Gasteiger charge is 2.01. The number of hydrogen-bond acceptors (Lipinski definition) is 2. The predicted octanol–water partition coefficient (Wildman–Crippen LogP) is 2.53. The minimum atomic E-state index is 0.306. The number of nitrogens with zero attached hydrogens (tertiary/aromatic N) is 1. The lowest BCUT2D eigenvalue weighted by Gasteiger charge is -2.11. The highest BCUT2D eigenvalue weighted by Crippen LogP contribution is 2.10. The zero-order chi connectivity index (χ0) is 11.3. The van der Waals surface area contributed by atoms with Crippen LogP contribution in [0.1, 0.15) is 23.6 Å². The molecule has 0 aromatic heterocycles. The first kappa shape index (κ1) is 11.5. The minimum absolute atomic E-state index is 0.306. The first-order valence-electron chi connectivity index (χ1n) is 5.03. The second kappa shape index (κ2) is 5.33. The molecule has 78 valence electrons. The first-order chi connectivity index (χ1) is 7.17. The molecule has 0 spiro atoms. The summed E-state index contributed by atoms with van der Waals surface area (Å²) in [5.41, 5.74) is 3.09. The van der Waals surface area contributed by atoms with E-state index < -0.39 is 0 Å². The molecule has 1 N–H and O–H groups in total. The minimum Gasteiger partial charge on any atom is -0.307 e. The third-order valence-corrected chi connectivity index (χ3v) is 2.44. The lowest BCUT2D eigenvalue weighted by molar-refractivity contribution is 0.632. The van der Waals surface area contributed by atoms with Crippen LogP contribution in [-0.4, -0.2) is 6.04 Å². The summed E-state index contributed by atoms with van der Waals surface area (Å²) in [6.07, 6.45) is 1.87. The molecule has 2 nitrogen and oxygen atoms in total. The van der Waals surface area contributed by atoms with Crippen molar-refractivity contribution in [2.24, 2.45) is 0 Å². The Morgan fingerprint density at radius 3 is 2.87 bits per heavy atom. The van der Waals surface area contributed by atoms with E-state index >= 15 is 0 Å². The third-order valence-electron chi connectivity index (χ3n) is 2.44. The van der Waals surface area contributed by atoms with Crippen molar-refractivity contribution >= 4 is 0 Å². The molecule has 0 aliphatic rings. The second-order valence-electron chi connectivity index (χ2n) is 3.66. The molecule has 15 heavy (non-hydrogen) atoms. The van der Waals surface area contributed by atoms with Crippen LogP contribution in [0.15, 0.2) is 30.9 Å². The zero-order valence-electron chi connectivity index (χ0n) is 9.25. The number of rotatable bonds is 4. The number of benzene rings is 1. The van der Waals surface area contributed by atoms with Crippen molar-refractivity contribution in [3.8, 4) is 6.07 Å². The number of nitriles is 1. The van der Waals surface area contributed by atoms with Gasteiger partial charge in [-0.05, 0) is 37.1 Å². The number of nitrogens with one attached hydrogen (secondary N) is 1. The van der Waals surface area contributed by atoms with E-state index in [1.54, 1.807) is 0 Å². The van der Waals surface area contributed by atoms with E-state index in [-0.39, 0.29) is 0 Å². The average molecular weight is 200 g/mol. The first-order valence-corrected chi connectivity index (χ1v) is 5.03. The molecule has 1 aromatic rings. The molecular weight excluding hydrogens is 184 g/mol. The normalized spacial score (nSPS) is 11.8. The summed E-state index contributed by atoms with van der Waals surface area (Å²) in [6.45, 7) is 8.61. The van der Waals surface area contributed by atoms with E-state index in [4.69, 9.17) is 5.26 Å². The molecule has 0 aliphatic carbocycles. The summed E-state index contributed by atoms with van der Waals surface area (Å²) in [7, 11) is 0.